The van der Waals surface area contributed by atoms with Gasteiger partial charge in [-0.25, -0.2) is 12.1 Å². The molecule has 6 rings (SSSR count). The van der Waals surface area contributed by atoms with Gasteiger partial charge in [0.1, 0.15) is 0 Å². The predicted molar refractivity (Wildman–Crippen MR) is 203 cm³/mol. The van der Waals surface area contributed by atoms with Crippen LogP contribution in [0.1, 0.15) is 86.1 Å². The zero-order chi connectivity index (χ0) is 31.4. The number of hydrogen-bond acceptors (Lipinski definition) is 0. The molecule has 0 spiro atoms. The van der Waals surface area contributed by atoms with Crippen LogP contribution in [0.5, 0.6) is 0 Å². The van der Waals surface area contributed by atoms with Crippen LogP contribution in [0.25, 0.3) is 11.1 Å². The second-order valence-electron chi connectivity index (χ2n) is 13.4. The van der Waals surface area contributed by atoms with Crippen molar-refractivity contribution in [3.63, 3.8) is 0 Å². The Hall–Kier alpha value is -0.977. The topological polar surface area (TPSA) is 0 Å². The molecule has 0 amide bonds. The Morgan fingerprint density at radius 2 is 1.13 bits per heavy atom. The summed E-state index contributed by atoms with van der Waals surface area (Å²) in [6.07, 6.45) is 3.22. The molecule has 1 aliphatic carbocycles. The van der Waals surface area contributed by atoms with Gasteiger partial charge in [0.15, 0.2) is 0 Å². The van der Waals surface area contributed by atoms with E-state index in [2.05, 4.69) is 180 Å². The van der Waals surface area contributed by atoms with E-state index in [0.717, 1.165) is 6.42 Å². The molecule has 0 fully saturated rings. The second-order valence-corrected chi connectivity index (χ2v) is 15.9. The van der Waals surface area contributed by atoms with E-state index in [9.17, 15) is 0 Å². The van der Waals surface area contributed by atoms with E-state index in [-0.39, 0.29) is 61.8 Å². The second kappa shape index (κ2) is 18.7. The first-order valence-electron chi connectivity index (χ1n) is 15.0. The van der Waals surface area contributed by atoms with Crippen molar-refractivity contribution in [1.29, 1.82) is 0 Å². The molecule has 0 heterocycles. The summed E-state index contributed by atoms with van der Waals surface area (Å²) in [5.41, 5.74) is 14.1. The first-order chi connectivity index (χ1) is 20.2. The summed E-state index contributed by atoms with van der Waals surface area (Å²) < 4.78 is 2.54. The smallest absolute Gasteiger partial charge is 1.00 e. The SMILES string of the molecule is Cc1[c-]c2c(cc1C(C)(C)C)-c1cc(C(C)(C)C)c(C)cc1C2.Ic1ccc([CH-]c2ccc(I)cc2)cc1.[Cl-].[Cl-].[Zr+2].c1cc[cH-]c1. The molecule has 46 heavy (non-hydrogen) atoms. The van der Waals surface area contributed by atoms with Gasteiger partial charge < -0.3 is 24.8 Å². The molecule has 5 aromatic carbocycles. The maximum atomic E-state index is 3.69. The van der Waals surface area contributed by atoms with Crippen molar-refractivity contribution >= 4 is 45.2 Å². The van der Waals surface area contributed by atoms with Crippen LogP contribution in [0.4, 0.5) is 0 Å². The number of aryl methyl sites for hydroxylation is 2. The average Bonchev–Trinajstić information content (AvgIpc) is 3.61. The molecule has 0 aliphatic heterocycles. The molecule has 0 nitrogen and oxygen atoms in total. The van der Waals surface area contributed by atoms with Crippen LogP contribution in [0, 0.1) is 33.5 Å². The van der Waals surface area contributed by atoms with E-state index in [1.54, 1.807) is 0 Å². The van der Waals surface area contributed by atoms with Crippen LogP contribution in [0.2, 0.25) is 0 Å². The first kappa shape index (κ1) is 43.0. The van der Waals surface area contributed by atoms with Crippen LogP contribution in [0.3, 0.4) is 0 Å². The third kappa shape index (κ3) is 11.9. The summed E-state index contributed by atoms with van der Waals surface area (Å²) in [6.45, 7) is 18.2. The first-order valence-corrected chi connectivity index (χ1v) is 17.1. The predicted octanol–water partition coefficient (Wildman–Crippen LogP) is 6.18. The number of halogens is 4. The van der Waals surface area contributed by atoms with E-state index in [4.69, 9.17) is 0 Å². The Kier molecular flexibility index (Phi) is 17.5. The van der Waals surface area contributed by atoms with Gasteiger partial charge in [-0.05, 0) is 87.8 Å². The van der Waals surface area contributed by atoms with Crippen molar-refractivity contribution in [2.24, 2.45) is 0 Å². The molecule has 0 aromatic heterocycles. The summed E-state index contributed by atoms with van der Waals surface area (Å²) in [6, 6.07) is 38.0. The van der Waals surface area contributed by atoms with Crippen molar-refractivity contribution in [3.8, 4) is 11.1 Å². The van der Waals surface area contributed by atoms with Gasteiger partial charge in [-0.1, -0.05) is 95.8 Å². The van der Waals surface area contributed by atoms with Crippen molar-refractivity contribution in [2.75, 3.05) is 0 Å². The van der Waals surface area contributed by atoms with Crippen LogP contribution >= 0.6 is 45.2 Å². The van der Waals surface area contributed by atoms with Gasteiger partial charge >= 0.3 is 26.2 Å². The summed E-state index contributed by atoms with van der Waals surface area (Å²) in [5.74, 6) is 0. The van der Waals surface area contributed by atoms with E-state index in [0.29, 0.717) is 0 Å². The zero-order valence-electron chi connectivity index (χ0n) is 28.0. The number of hydrogen-bond donors (Lipinski definition) is 0. The zero-order valence-corrected chi connectivity index (χ0v) is 36.3. The van der Waals surface area contributed by atoms with Gasteiger partial charge in [0, 0.05) is 0 Å². The molecular formula is C41H43Cl2I2Zr-3. The number of rotatable bonds is 2. The molecule has 5 aromatic rings. The quantitative estimate of drug-likeness (QED) is 0.144. The van der Waals surface area contributed by atoms with Crippen LogP contribution in [-0.2, 0) is 43.5 Å². The third-order valence-electron chi connectivity index (χ3n) is 7.71. The molecule has 0 N–H and O–H groups in total. The standard InChI is InChI=1S/C23H29.C13H9I2.C5H5.2ClH.Zr/c1-14-9-16-11-17-10-15(2)21(23(6,7)8)13-19(17)18(16)12-20(14)22(3,4)5;14-12-5-1-10(2-6-12)9-11-3-7-13(15)8-4-11;1-2-4-5-3-1;;;/h9,12-13H,11H2,1-8H3;1-9H;1-5H;2*1H;/q3*-1;;;+2/p-2. The van der Waals surface area contributed by atoms with E-state index in [1.807, 2.05) is 30.3 Å². The molecule has 242 valence electrons. The summed E-state index contributed by atoms with van der Waals surface area (Å²) in [5, 5.41) is 0. The number of fused-ring (bicyclic) bond motifs is 3. The van der Waals surface area contributed by atoms with Crippen molar-refractivity contribution in [1.82, 2.24) is 0 Å². The van der Waals surface area contributed by atoms with Crippen molar-refractivity contribution in [2.45, 2.75) is 72.6 Å². The molecule has 0 saturated carbocycles. The van der Waals surface area contributed by atoms with Gasteiger partial charge in [-0.15, -0.1) is 58.5 Å². The summed E-state index contributed by atoms with van der Waals surface area (Å²) in [7, 11) is 0. The van der Waals surface area contributed by atoms with Crippen LogP contribution in [-0.4, -0.2) is 0 Å². The fourth-order valence-electron chi connectivity index (χ4n) is 5.65. The van der Waals surface area contributed by atoms with Crippen molar-refractivity contribution < 1.29 is 51.0 Å². The van der Waals surface area contributed by atoms with Gasteiger partial charge in [0.2, 0.25) is 0 Å². The third-order valence-corrected chi connectivity index (χ3v) is 9.15. The Morgan fingerprint density at radius 3 is 1.54 bits per heavy atom. The van der Waals surface area contributed by atoms with Crippen LogP contribution < -0.4 is 24.8 Å². The largest absolute Gasteiger partial charge is 2.00 e. The fraction of sp³-hybridized carbons (Fsp3) is 0.268. The maximum Gasteiger partial charge on any atom is 2.00 e. The van der Waals surface area contributed by atoms with Gasteiger partial charge in [-0.3, -0.25) is 0 Å². The minimum absolute atomic E-state index is 0. The van der Waals surface area contributed by atoms with Gasteiger partial charge in [0.05, 0.1) is 0 Å². The van der Waals surface area contributed by atoms with Crippen LogP contribution in [0.15, 0.2) is 97.1 Å². The molecule has 5 heteroatoms. The molecule has 1 aliphatic rings. The Balaban J connectivity index is 0.000000397. The van der Waals surface area contributed by atoms with E-state index < -0.39 is 0 Å². The van der Waals surface area contributed by atoms with E-state index in [1.165, 1.54) is 62.8 Å². The Labute approximate surface area is 337 Å². The fourth-order valence-corrected chi connectivity index (χ4v) is 6.37. The monoisotopic (exact) mass is 949 g/mol. The summed E-state index contributed by atoms with van der Waals surface area (Å²) >= 11 is 4.63. The Bertz CT molecular complexity index is 1510. The molecule has 0 bridgehead atoms. The number of benzene rings is 4. The molecule has 0 atom stereocenters. The Morgan fingerprint density at radius 1 is 0.674 bits per heavy atom. The molecule has 0 unspecified atom stereocenters. The van der Waals surface area contributed by atoms with Crippen molar-refractivity contribution in [3.05, 3.63) is 161 Å². The minimum atomic E-state index is 0. The molecular weight excluding hydrogens is 908 g/mol. The summed E-state index contributed by atoms with van der Waals surface area (Å²) in [4.78, 5) is 0. The van der Waals surface area contributed by atoms with Gasteiger partial charge in [0.25, 0.3) is 0 Å². The normalized spacial score (nSPS) is 11.1. The van der Waals surface area contributed by atoms with E-state index >= 15 is 0 Å². The van der Waals surface area contributed by atoms with Gasteiger partial charge in [-0.2, -0.15) is 35.9 Å². The molecule has 0 radical (unpaired) electrons. The minimum Gasteiger partial charge on any atom is -1.00 e. The molecule has 0 saturated heterocycles. The maximum absolute atomic E-state index is 3.69. The average molecular weight is 952 g/mol.